The highest BCUT2D eigenvalue weighted by atomic mass is 16.5. The van der Waals surface area contributed by atoms with Crippen LogP contribution < -0.4 is 5.32 Å². The van der Waals surface area contributed by atoms with Crippen LogP contribution in [0.25, 0.3) is 0 Å². The molecule has 0 saturated carbocycles. The zero-order chi connectivity index (χ0) is 10.1. The van der Waals surface area contributed by atoms with Crippen molar-refractivity contribution in [2.45, 2.75) is 6.42 Å². The van der Waals surface area contributed by atoms with Crippen LogP contribution in [-0.2, 0) is 14.3 Å². The van der Waals surface area contributed by atoms with Crippen molar-refractivity contribution in [3.05, 3.63) is 12.7 Å². The number of rotatable bonds is 7. The smallest absolute Gasteiger partial charge is 0.320 e. The second-order valence-electron chi connectivity index (χ2n) is 2.29. The molecule has 0 fully saturated rings. The lowest BCUT2D eigenvalue weighted by molar-refractivity contribution is -0.142. The molecule has 0 aromatic rings. The van der Waals surface area contributed by atoms with Gasteiger partial charge in [-0.1, -0.05) is 12.7 Å². The zero-order valence-electron chi connectivity index (χ0n) is 7.28. The molecule has 0 atom stereocenters. The molecule has 0 aliphatic heterocycles. The van der Waals surface area contributed by atoms with Crippen LogP contribution in [0.1, 0.15) is 6.42 Å². The molecule has 0 heterocycles. The number of carboxylic acid groups (broad SMARTS) is 1. The van der Waals surface area contributed by atoms with Gasteiger partial charge >= 0.3 is 11.9 Å². The Balaban J connectivity index is 3.26. The molecule has 0 rings (SSSR count). The van der Waals surface area contributed by atoms with Crippen LogP contribution in [0.3, 0.4) is 0 Å². The van der Waals surface area contributed by atoms with Crippen LogP contribution in [0.2, 0.25) is 0 Å². The lowest BCUT2D eigenvalue weighted by Crippen LogP contribution is -2.26. The highest BCUT2D eigenvalue weighted by Gasteiger charge is 2.01. The second kappa shape index (κ2) is 7.30. The molecule has 0 aliphatic carbocycles. The van der Waals surface area contributed by atoms with Crippen LogP contribution >= 0.6 is 0 Å². The Bertz CT molecular complexity index is 191. The summed E-state index contributed by atoms with van der Waals surface area (Å²) < 4.78 is 4.63. The van der Waals surface area contributed by atoms with Gasteiger partial charge in [0, 0.05) is 6.54 Å². The van der Waals surface area contributed by atoms with E-state index in [0.717, 1.165) is 0 Å². The maximum absolute atomic E-state index is 10.8. The zero-order valence-corrected chi connectivity index (χ0v) is 7.28. The fourth-order valence-electron chi connectivity index (χ4n) is 0.589. The van der Waals surface area contributed by atoms with Gasteiger partial charge in [0.1, 0.15) is 6.61 Å². The Labute approximate surface area is 76.4 Å². The monoisotopic (exact) mass is 187 g/mol. The van der Waals surface area contributed by atoms with Crippen LogP contribution in [0.5, 0.6) is 0 Å². The summed E-state index contributed by atoms with van der Waals surface area (Å²) in [5.41, 5.74) is 0. The quantitative estimate of drug-likeness (QED) is 0.327. The van der Waals surface area contributed by atoms with E-state index in [2.05, 4.69) is 16.6 Å². The van der Waals surface area contributed by atoms with Gasteiger partial charge in [0.25, 0.3) is 0 Å². The summed E-state index contributed by atoms with van der Waals surface area (Å²) in [6.07, 6.45) is 1.46. The Morgan fingerprint density at radius 2 is 2.23 bits per heavy atom. The predicted molar refractivity (Wildman–Crippen MR) is 46.3 cm³/mol. The minimum Gasteiger partial charge on any atom is -0.481 e. The minimum absolute atomic E-state index is 0.00522. The van der Waals surface area contributed by atoms with Crippen molar-refractivity contribution in [1.82, 2.24) is 5.32 Å². The van der Waals surface area contributed by atoms with E-state index in [9.17, 15) is 9.59 Å². The lowest BCUT2D eigenvalue weighted by atomic mass is 10.4. The summed E-state index contributed by atoms with van der Waals surface area (Å²) in [6, 6.07) is 0. The molecular weight excluding hydrogens is 174 g/mol. The summed E-state index contributed by atoms with van der Waals surface area (Å²) in [7, 11) is 0. The van der Waals surface area contributed by atoms with Crippen molar-refractivity contribution < 1.29 is 19.4 Å². The molecule has 2 N–H and O–H groups in total. The van der Waals surface area contributed by atoms with Crippen molar-refractivity contribution in [3.8, 4) is 0 Å². The van der Waals surface area contributed by atoms with Gasteiger partial charge < -0.3 is 15.2 Å². The van der Waals surface area contributed by atoms with Crippen LogP contribution in [0.4, 0.5) is 0 Å². The van der Waals surface area contributed by atoms with Crippen LogP contribution in [0, 0.1) is 0 Å². The number of hydrogen-bond donors (Lipinski definition) is 2. The van der Waals surface area contributed by atoms with Crippen LogP contribution in [0.15, 0.2) is 12.7 Å². The van der Waals surface area contributed by atoms with Crippen molar-refractivity contribution in [2.75, 3.05) is 19.7 Å². The number of carbonyl (C=O) groups excluding carboxylic acids is 1. The molecule has 0 radical (unpaired) electrons. The standard InChI is InChI=1S/C8H13NO4/c1-2-5-13-8(12)6-9-4-3-7(10)11/h2,9H,1,3-6H2,(H,10,11). The molecule has 0 aromatic carbocycles. The van der Waals surface area contributed by atoms with Gasteiger partial charge in [-0.05, 0) is 0 Å². The molecule has 74 valence electrons. The van der Waals surface area contributed by atoms with Gasteiger partial charge in [-0.15, -0.1) is 0 Å². The first-order valence-electron chi connectivity index (χ1n) is 3.86. The summed E-state index contributed by atoms with van der Waals surface area (Å²) in [5.74, 6) is -1.31. The third kappa shape index (κ3) is 8.55. The number of aliphatic carboxylic acids is 1. The molecule has 0 amide bonds. The molecule has 0 aromatic heterocycles. The number of hydrogen-bond acceptors (Lipinski definition) is 4. The van der Waals surface area contributed by atoms with E-state index in [1.807, 2.05) is 0 Å². The summed E-state index contributed by atoms with van der Waals surface area (Å²) >= 11 is 0. The third-order valence-corrected chi connectivity index (χ3v) is 1.15. The molecule has 13 heavy (non-hydrogen) atoms. The number of nitrogens with one attached hydrogen (secondary N) is 1. The molecule has 0 bridgehead atoms. The number of esters is 1. The molecule has 0 saturated heterocycles. The third-order valence-electron chi connectivity index (χ3n) is 1.15. The molecule has 0 unspecified atom stereocenters. The SMILES string of the molecule is C=CCOC(=O)CNCCC(=O)O. The second-order valence-corrected chi connectivity index (χ2v) is 2.29. The number of ether oxygens (including phenoxy) is 1. The number of carbonyl (C=O) groups is 2. The first kappa shape index (κ1) is 11.6. The molecule has 0 aliphatic rings. The lowest BCUT2D eigenvalue weighted by Gasteiger charge is -2.02. The van der Waals surface area contributed by atoms with Gasteiger partial charge in [0.2, 0.25) is 0 Å². The Morgan fingerprint density at radius 1 is 1.54 bits per heavy atom. The van der Waals surface area contributed by atoms with E-state index in [0.29, 0.717) is 0 Å². The maximum Gasteiger partial charge on any atom is 0.320 e. The van der Waals surface area contributed by atoms with Crippen molar-refractivity contribution in [1.29, 1.82) is 0 Å². The Hall–Kier alpha value is -1.36. The molecular formula is C8H13NO4. The van der Waals surface area contributed by atoms with Gasteiger partial charge in [0.05, 0.1) is 13.0 Å². The van der Waals surface area contributed by atoms with Crippen molar-refractivity contribution >= 4 is 11.9 Å². The normalized spacial score (nSPS) is 9.23. The average Bonchev–Trinajstić information content (AvgIpc) is 2.08. The van der Waals surface area contributed by atoms with Crippen molar-refractivity contribution in [2.24, 2.45) is 0 Å². The first-order valence-corrected chi connectivity index (χ1v) is 3.86. The van der Waals surface area contributed by atoms with Crippen molar-refractivity contribution in [3.63, 3.8) is 0 Å². The summed E-state index contributed by atoms with van der Waals surface area (Å²) in [6.45, 7) is 3.85. The topological polar surface area (TPSA) is 75.6 Å². The Kier molecular flexibility index (Phi) is 6.53. The highest BCUT2D eigenvalue weighted by molar-refractivity contribution is 5.72. The van der Waals surface area contributed by atoms with E-state index < -0.39 is 11.9 Å². The fourth-order valence-corrected chi connectivity index (χ4v) is 0.589. The van der Waals surface area contributed by atoms with Crippen LogP contribution in [-0.4, -0.2) is 36.7 Å². The van der Waals surface area contributed by atoms with Gasteiger partial charge in [-0.2, -0.15) is 0 Å². The van der Waals surface area contributed by atoms with E-state index in [4.69, 9.17) is 5.11 Å². The summed E-state index contributed by atoms with van der Waals surface area (Å²) in [5, 5.41) is 10.9. The van der Waals surface area contributed by atoms with E-state index >= 15 is 0 Å². The van der Waals surface area contributed by atoms with E-state index in [1.54, 1.807) is 0 Å². The molecule has 5 nitrogen and oxygen atoms in total. The van der Waals surface area contributed by atoms with Gasteiger partial charge in [-0.25, -0.2) is 0 Å². The number of carboxylic acids is 1. The predicted octanol–water partition coefficient (Wildman–Crippen LogP) is -0.220. The minimum atomic E-state index is -0.896. The van der Waals surface area contributed by atoms with E-state index in [1.165, 1.54) is 6.08 Å². The largest absolute Gasteiger partial charge is 0.481 e. The average molecular weight is 187 g/mol. The molecule has 0 spiro atoms. The Morgan fingerprint density at radius 3 is 2.77 bits per heavy atom. The maximum atomic E-state index is 10.8. The fraction of sp³-hybridized carbons (Fsp3) is 0.500. The van der Waals surface area contributed by atoms with Gasteiger partial charge in [0.15, 0.2) is 0 Å². The highest BCUT2D eigenvalue weighted by Crippen LogP contribution is 1.79. The summed E-state index contributed by atoms with van der Waals surface area (Å²) in [4.78, 5) is 20.8. The van der Waals surface area contributed by atoms with Gasteiger partial charge in [-0.3, -0.25) is 9.59 Å². The first-order chi connectivity index (χ1) is 6.16. The van der Waals surface area contributed by atoms with E-state index in [-0.39, 0.29) is 26.1 Å². The molecule has 5 heteroatoms.